The zero-order chi connectivity index (χ0) is 20.6. The highest BCUT2D eigenvalue weighted by Crippen LogP contribution is 2.29. The predicted molar refractivity (Wildman–Crippen MR) is 111 cm³/mol. The van der Waals surface area contributed by atoms with Crippen LogP contribution in [0.4, 0.5) is 0 Å². The van der Waals surface area contributed by atoms with E-state index < -0.39 is 15.7 Å². The topological polar surface area (TPSA) is 116 Å². The van der Waals surface area contributed by atoms with E-state index in [0.29, 0.717) is 0 Å². The van der Waals surface area contributed by atoms with Crippen LogP contribution in [0.15, 0.2) is 67.4 Å². The highest BCUT2D eigenvalue weighted by Gasteiger charge is 2.24. The van der Waals surface area contributed by atoms with Crippen LogP contribution in [0.3, 0.4) is 0 Å². The number of benzene rings is 1. The van der Waals surface area contributed by atoms with E-state index in [1.807, 2.05) is 53.2 Å². The summed E-state index contributed by atoms with van der Waals surface area (Å²) in [5.41, 5.74) is 3.34. The van der Waals surface area contributed by atoms with Gasteiger partial charge >= 0.3 is 0 Å². The molecule has 0 radical (unpaired) electrons. The maximum Gasteiger partial charge on any atom is 0.275 e. The SMILES string of the molecule is CC(C)(NS(N)(=O)=O)c1ccc(-c2ncnc3c2ccn3-c2cccnc2)cc1. The molecule has 0 saturated heterocycles. The first-order valence-electron chi connectivity index (χ1n) is 8.90. The molecule has 3 aromatic heterocycles. The van der Waals surface area contributed by atoms with Crippen molar-refractivity contribution >= 4 is 21.2 Å². The zero-order valence-electron chi connectivity index (χ0n) is 15.9. The zero-order valence-corrected chi connectivity index (χ0v) is 16.8. The first-order valence-corrected chi connectivity index (χ1v) is 10.4. The number of nitrogens with one attached hydrogen (secondary N) is 1. The summed E-state index contributed by atoms with van der Waals surface area (Å²) in [6.45, 7) is 3.51. The Balaban J connectivity index is 1.73. The minimum atomic E-state index is -3.82. The molecule has 1 aromatic carbocycles. The molecule has 0 fully saturated rings. The summed E-state index contributed by atoms with van der Waals surface area (Å²) < 4.78 is 27.2. The molecule has 8 nitrogen and oxygen atoms in total. The normalized spacial score (nSPS) is 12.4. The van der Waals surface area contributed by atoms with Gasteiger partial charge in [0.2, 0.25) is 0 Å². The maximum absolute atomic E-state index is 11.4. The smallest absolute Gasteiger partial charge is 0.275 e. The Morgan fingerprint density at radius 1 is 1.07 bits per heavy atom. The molecule has 0 bridgehead atoms. The molecule has 0 atom stereocenters. The van der Waals surface area contributed by atoms with Gasteiger partial charge in [0.1, 0.15) is 12.0 Å². The van der Waals surface area contributed by atoms with Crippen LogP contribution in [-0.2, 0) is 15.7 Å². The van der Waals surface area contributed by atoms with Crippen molar-refractivity contribution in [3.8, 4) is 16.9 Å². The van der Waals surface area contributed by atoms with Gasteiger partial charge in [-0.2, -0.15) is 13.1 Å². The van der Waals surface area contributed by atoms with E-state index in [2.05, 4.69) is 19.7 Å². The number of hydrogen-bond donors (Lipinski definition) is 2. The van der Waals surface area contributed by atoms with E-state index in [9.17, 15) is 8.42 Å². The second-order valence-corrected chi connectivity index (χ2v) is 8.50. The first-order chi connectivity index (χ1) is 13.7. The molecule has 4 aromatic rings. The third-order valence-electron chi connectivity index (χ3n) is 4.68. The number of nitrogens with zero attached hydrogens (tertiary/aromatic N) is 4. The van der Waals surface area contributed by atoms with Gasteiger partial charge in [0.05, 0.1) is 23.1 Å². The van der Waals surface area contributed by atoms with E-state index in [0.717, 1.165) is 33.5 Å². The summed E-state index contributed by atoms with van der Waals surface area (Å²) in [4.78, 5) is 13.1. The van der Waals surface area contributed by atoms with Crippen LogP contribution in [-0.4, -0.2) is 27.9 Å². The van der Waals surface area contributed by atoms with Crippen molar-refractivity contribution in [3.63, 3.8) is 0 Å². The molecular weight excluding hydrogens is 388 g/mol. The van der Waals surface area contributed by atoms with Gasteiger partial charge in [-0.25, -0.2) is 15.1 Å². The predicted octanol–water partition coefficient (Wildman–Crippen LogP) is 2.51. The van der Waals surface area contributed by atoms with Crippen molar-refractivity contribution in [2.75, 3.05) is 0 Å². The fourth-order valence-corrected chi connectivity index (χ4v) is 4.17. The molecule has 0 aliphatic rings. The number of nitrogens with two attached hydrogens (primary N) is 1. The van der Waals surface area contributed by atoms with Gasteiger partial charge in [0.15, 0.2) is 0 Å². The van der Waals surface area contributed by atoms with Gasteiger partial charge in [0.25, 0.3) is 10.2 Å². The highest BCUT2D eigenvalue weighted by molar-refractivity contribution is 7.87. The van der Waals surface area contributed by atoms with Crippen molar-refractivity contribution in [2.45, 2.75) is 19.4 Å². The lowest BCUT2D eigenvalue weighted by molar-refractivity contribution is 0.473. The molecular formula is C20H20N6O2S. The first kappa shape index (κ1) is 19.2. The quantitative estimate of drug-likeness (QED) is 0.526. The monoisotopic (exact) mass is 408 g/mol. The van der Waals surface area contributed by atoms with Crippen molar-refractivity contribution in [1.29, 1.82) is 0 Å². The van der Waals surface area contributed by atoms with Gasteiger partial charge in [-0.05, 0) is 37.6 Å². The van der Waals surface area contributed by atoms with Crippen LogP contribution in [0.2, 0.25) is 0 Å². The van der Waals surface area contributed by atoms with E-state index in [1.54, 1.807) is 26.2 Å². The van der Waals surface area contributed by atoms with E-state index >= 15 is 0 Å². The Morgan fingerprint density at radius 3 is 2.48 bits per heavy atom. The standard InChI is InChI=1S/C20H20N6O2S/c1-20(2,25-29(21,27)28)15-7-5-14(6-8-15)18-17-9-11-26(19(17)24-13-23-18)16-4-3-10-22-12-16/h3-13,25H,1-2H3,(H2,21,27,28). The molecule has 29 heavy (non-hydrogen) atoms. The average Bonchev–Trinajstić information content (AvgIpc) is 3.11. The molecule has 4 rings (SSSR count). The summed E-state index contributed by atoms with van der Waals surface area (Å²) in [7, 11) is -3.82. The average molecular weight is 408 g/mol. The van der Waals surface area contributed by atoms with Crippen molar-refractivity contribution in [1.82, 2.24) is 24.2 Å². The lowest BCUT2D eigenvalue weighted by atomic mass is 9.94. The molecule has 0 unspecified atom stereocenters. The molecule has 0 saturated carbocycles. The van der Waals surface area contributed by atoms with Crippen LogP contribution < -0.4 is 9.86 Å². The van der Waals surface area contributed by atoms with E-state index in [-0.39, 0.29) is 0 Å². The number of fused-ring (bicyclic) bond motifs is 1. The van der Waals surface area contributed by atoms with E-state index in [1.165, 1.54) is 6.33 Å². The van der Waals surface area contributed by atoms with E-state index in [4.69, 9.17) is 5.14 Å². The fraction of sp³-hybridized carbons (Fsp3) is 0.150. The Bertz CT molecular complexity index is 1270. The molecule has 0 spiro atoms. The number of aromatic nitrogens is 4. The van der Waals surface area contributed by atoms with Gasteiger partial charge in [-0.3, -0.25) is 9.55 Å². The summed E-state index contributed by atoms with van der Waals surface area (Å²) in [6.07, 6.45) is 6.97. The van der Waals surface area contributed by atoms with Crippen LogP contribution in [0.5, 0.6) is 0 Å². The Labute approximate surface area is 168 Å². The molecule has 9 heteroatoms. The largest absolute Gasteiger partial charge is 0.300 e. The Kier molecular flexibility index (Phi) is 4.65. The van der Waals surface area contributed by atoms with Gasteiger partial charge in [0, 0.05) is 23.3 Å². The third kappa shape index (κ3) is 3.88. The van der Waals surface area contributed by atoms with Gasteiger partial charge < -0.3 is 0 Å². The molecule has 3 heterocycles. The van der Waals surface area contributed by atoms with Crippen LogP contribution in [0.25, 0.3) is 28.0 Å². The number of hydrogen-bond acceptors (Lipinski definition) is 5. The minimum absolute atomic E-state index is 0.781. The second-order valence-electron chi connectivity index (χ2n) is 7.21. The van der Waals surface area contributed by atoms with Gasteiger partial charge in [-0.15, -0.1) is 0 Å². The van der Waals surface area contributed by atoms with Gasteiger partial charge in [-0.1, -0.05) is 24.3 Å². The number of rotatable bonds is 5. The molecule has 0 aliphatic heterocycles. The number of pyridine rings is 1. The lowest BCUT2D eigenvalue weighted by Crippen LogP contribution is -2.44. The third-order valence-corrected chi connectivity index (χ3v) is 5.48. The fourth-order valence-electron chi connectivity index (χ4n) is 3.35. The lowest BCUT2D eigenvalue weighted by Gasteiger charge is -2.25. The molecule has 0 amide bonds. The molecule has 3 N–H and O–H groups in total. The Morgan fingerprint density at radius 2 is 1.83 bits per heavy atom. The van der Waals surface area contributed by atoms with Crippen molar-refractivity contribution in [3.05, 3.63) is 72.9 Å². The van der Waals surface area contributed by atoms with Crippen LogP contribution in [0.1, 0.15) is 19.4 Å². The maximum atomic E-state index is 11.4. The van der Waals surface area contributed by atoms with Crippen LogP contribution in [0, 0.1) is 0 Å². The van der Waals surface area contributed by atoms with Crippen LogP contribution >= 0.6 is 0 Å². The summed E-state index contributed by atoms with van der Waals surface area (Å²) >= 11 is 0. The molecule has 148 valence electrons. The summed E-state index contributed by atoms with van der Waals surface area (Å²) in [5, 5.41) is 6.04. The van der Waals surface area contributed by atoms with Crippen molar-refractivity contribution < 1.29 is 8.42 Å². The second kappa shape index (κ2) is 7.03. The molecule has 0 aliphatic carbocycles. The summed E-state index contributed by atoms with van der Waals surface area (Å²) in [6, 6.07) is 13.3. The Hall–Kier alpha value is -3.14. The van der Waals surface area contributed by atoms with Crippen molar-refractivity contribution in [2.24, 2.45) is 5.14 Å². The summed E-state index contributed by atoms with van der Waals surface area (Å²) in [5.74, 6) is 0. The minimum Gasteiger partial charge on any atom is -0.300 e. The highest BCUT2D eigenvalue weighted by atomic mass is 32.2.